The van der Waals surface area contributed by atoms with E-state index in [4.69, 9.17) is 0 Å². The minimum atomic E-state index is -5.34. The summed E-state index contributed by atoms with van der Waals surface area (Å²) in [6.45, 7) is 0. The molecule has 0 aromatic carbocycles. The van der Waals surface area contributed by atoms with Crippen molar-refractivity contribution in [2.24, 2.45) is 0 Å². The van der Waals surface area contributed by atoms with E-state index in [0.717, 1.165) is 0 Å². The lowest BCUT2D eigenvalue weighted by Gasteiger charge is -2.27. The van der Waals surface area contributed by atoms with Crippen LogP contribution in [-0.2, 0) is 18.7 Å². The van der Waals surface area contributed by atoms with Crippen LogP contribution >= 0.6 is 7.82 Å². The number of carboxylic acid groups (broad SMARTS) is 1. The smallest absolute Gasteiger partial charge is 0.309 e. The van der Waals surface area contributed by atoms with E-state index in [0.29, 0.717) is 0 Å². The largest absolute Gasteiger partial charge is 0.780 e. The highest BCUT2D eigenvalue weighted by Gasteiger charge is 2.12. The zero-order valence-corrected chi connectivity index (χ0v) is 7.90. The van der Waals surface area contributed by atoms with Crippen LogP contribution in [-0.4, -0.2) is 18.0 Å². The molecule has 0 saturated carbocycles. The second kappa shape index (κ2) is 5.06. The van der Waals surface area contributed by atoms with E-state index in [9.17, 15) is 29.0 Å². The summed E-state index contributed by atoms with van der Waals surface area (Å²) in [5.41, 5.74) is 3.11. The Balaban J connectivity index is 3.87. The number of aliphatic carboxylic acids is 1. The lowest BCUT2D eigenvalue weighted by atomic mass is 10.2. The van der Waals surface area contributed by atoms with Crippen LogP contribution in [0.2, 0.25) is 0 Å². The van der Waals surface area contributed by atoms with Gasteiger partial charge in [-0.2, -0.15) is 0 Å². The fraction of sp³-hybridized carbons (Fsp3) is 0.600. The van der Waals surface area contributed by atoms with Gasteiger partial charge in [0.1, 0.15) is 13.9 Å². The summed E-state index contributed by atoms with van der Waals surface area (Å²) in [5.74, 6) is -2.77. The van der Waals surface area contributed by atoms with Crippen molar-refractivity contribution >= 4 is 19.8 Å². The van der Waals surface area contributed by atoms with Crippen molar-refractivity contribution in [1.82, 2.24) is 0 Å². The number of hydrogen-bond acceptors (Lipinski definition) is 7. The molecule has 0 heterocycles. The first kappa shape index (κ1) is 13.1. The van der Waals surface area contributed by atoms with Crippen LogP contribution in [0.3, 0.4) is 0 Å². The highest BCUT2D eigenvalue weighted by Crippen LogP contribution is 2.25. The van der Waals surface area contributed by atoms with E-state index < -0.39 is 32.2 Å². The van der Waals surface area contributed by atoms with E-state index in [1.807, 2.05) is 0 Å². The second-order valence-electron chi connectivity index (χ2n) is 2.47. The number of carbonyl (C=O) groups is 2. The van der Waals surface area contributed by atoms with Crippen LogP contribution in [0.5, 0.6) is 0 Å². The molecule has 0 bridgehead atoms. The molecule has 82 valence electrons. The lowest BCUT2D eigenvalue weighted by Crippen LogP contribution is -2.68. The molecule has 14 heavy (non-hydrogen) atoms. The first-order chi connectivity index (χ1) is 6.22. The third-order valence-electron chi connectivity index (χ3n) is 1.24. The first-order valence-electron chi connectivity index (χ1n) is 3.51. The number of phosphoric acid groups is 1. The maximum atomic E-state index is 10.6. The number of carboxylic acids is 1. The van der Waals surface area contributed by atoms with Crippen molar-refractivity contribution in [3.05, 3.63) is 0 Å². The summed E-state index contributed by atoms with van der Waals surface area (Å²) in [6, 6.07) is -1.15. The second-order valence-corrected chi connectivity index (χ2v) is 3.54. The molecular weight excluding hydrogens is 217 g/mol. The SMILES string of the molecule is [NH3+][C@@H](CCC(=O)OP(=O)([O-])[O-])C(=O)[O-]. The monoisotopic (exact) mass is 225 g/mol. The summed E-state index contributed by atoms with van der Waals surface area (Å²) in [4.78, 5) is 40.5. The quantitative estimate of drug-likeness (QED) is 0.461. The molecule has 0 aliphatic carbocycles. The highest BCUT2D eigenvalue weighted by molar-refractivity contribution is 7.43. The van der Waals surface area contributed by atoms with Crippen molar-refractivity contribution in [2.45, 2.75) is 18.9 Å². The molecule has 1 atom stereocenters. The Bertz CT molecular complexity index is 271. The summed E-state index contributed by atoms with van der Waals surface area (Å²) in [6.07, 6.45) is -0.766. The van der Waals surface area contributed by atoms with Gasteiger partial charge in [-0.25, -0.2) is 0 Å². The van der Waals surface area contributed by atoms with Crippen LogP contribution in [0.15, 0.2) is 0 Å². The molecule has 9 heteroatoms. The van der Waals surface area contributed by atoms with E-state index >= 15 is 0 Å². The fourth-order valence-electron chi connectivity index (χ4n) is 0.580. The van der Waals surface area contributed by atoms with Crippen molar-refractivity contribution in [3.8, 4) is 0 Å². The molecule has 0 fully saturated rings. The van der Waals surface area contributed by atoms with Gasteiger partial charge in [0, 0.05) is 6.42 Å². The molecule has 0 amide bonds. The molecule has 0 radical (unpaired) electrons. The predicted octanol–water partition coefficient (Wildman–Crippen LogP) is -4.50. The lowest BCUT2D eigenvalue weighted by molar-refractivity contribution is -0.438. The Hall–Kier alpha value is -0.950. The van der Waals surface area contributed by atoms with E-state index in [2.05, 4.69) is 10.3 Å². The van der Waals surface area contributed by atoms with Crippen LogP contribution in [0, 0.1) is 0 Å². The predicted molar refractivity (Wildman–Crippen MR) is 34.6 cm³/mol. The van der Waals surface area contributed by atoms with Gasteiger partial charge in [0.05, 0.1) is 12.4 Å². The third-order valence-corrected chi connectivity index (χ3v) is 1.67. The molecule has 0 aromatic heterocycles. The number of phosphoric ester groups is 1. The maximum absolute atomic E-state index is 10.6. The summed E-state index contributed by atoms with van der Waals surface area (Å²) in [5, 5.41) is 10.1. The molecule has 0 aliphatic heterocycles. The number of quaternary nitrogens is 1. The van der Waals surface area contributed by atoms with Gasteiger partial charge in [0.2, 0.25) is 0 Å². The average Bonchev–Trinajstić information content (AvgIpc) is 1.96. The fourth-order valence-corrected chi connectivity index (χ4v) is 0.921. The minimum Gasteiger partial charge on any atom is -0.780 e. The van der Waals surface area contributed by atoms with E-state index in [1.165, 1.54) is 0 Å². The normalized spacial score (nSPS) is 13.4. The molecule has 3 N–H and O–H groups in total. The Kier molecular flexibility index (Phi) is 4.72. The molecule has 0 rings (SSSR count). The standard InChI is InChI=1S/C5H10NO7P/c6-3(5(8)9)1-2-4(7)13-14(10,11)12/h3H,1-2,6H2,(H,8,9)(H2,10,11,12)/p-2/t3-/m0/s1. The van der Waals surface area contributed by atoms with Crippen LogP contribution in [0.4, 0.5) is 0 Å². The topological polar surface area (TPSA) is 157 Å². The van der Waals surface area contributed by atoms with Crippen molar-refractivity contribution in [2.75, 3.05) is 0 Å². The zero-order chi connectivity index (χ0) is 11.4. The van der Waals surface area contributed by atoms with Gasteiger partial charge in [-0.3, -0.25) is 4.79 Å². The van der Waals surface area contributed by atoms with Gasteiger partial charge in [-0.15, -0.1) is 0 Å². The molecule has 0 spiro atoms. The van der Waals surface area contributed by atoms with Gasteiger partial charge in [-0.1, -0.05) is 0 Å². The van der Waals surface area contributed by atoms with Crippen molar-refractivity contribution in [1.29, 1.82) is 0 Å². The Morgan fingerprint density at radius 2 is 1.93 bits per heavy atom. The van der Waals surface area contributed by atoms with Gasteiger partial charge in [0.15, 0.2) is 0 Å². The van der Waals surface area contributed by atoms with Gasteiger partial charge < -0.3 is 34.5 Å². The van der Waals surface area contributed by atoms with Gasteiger partial charge >= 0.3 is 5.97 Å². The van der Waals surface area contributed by atoms with Gasteiger partial charge in [-0.05, 0) is 0 Å². The van der Waals surface area contributed by atoms with Crippen LogP contribution < -0.4 is 20.6 Å². The van der Waals surface area contributed by atoms with Crippen molar-refractivity contribution in [3.63, 3.8) is 0 Å². The minimum absolute atomic E-state index is 0.249. The molecule has 0 saturated heterocycles. The number of rotatable bonds is 5. The van der Waals surface area contributed by atoms with Crippen LogP contribution in [0.25, 0.3) is 0 Å². The molecule has 0 unspecified atom stereocenters. The Morgan fingerprint density at radius 1 is 1.43 bits per heavy atom. The third kappa shape index (κ3) is 6.55. The summed E-state index contributed by atoms with van der Waals surface area (Å²) in [7, 11) is -5.34. The zero-order valence-electron chi connectivity index (χ0n) is 7.00. The van der Waals surface area contributed by atoms with Gasteiger partial charge in [0.25, 0.3) is 0 Å². The van der Waals surface area contributed by atoms with E-state index in [1.54, 1.807) is 0 Å². The molecule has 0 aliphatic rings. The van der Waals surface area contributed by atoms with Crippen LogP contribution in [0.1, 0.15) is 12.8 Å². The summed E-state index contributed by atoms with van der Waals surface area (Å²) >= 11 is 0. The number of carbonyl (C=O) groups excluding carboxylic acids is 2. The Morgan fingerprint density at radius 3 is 2.29 bits per heavy atom. The highest BCUT2D eigenvalue weighted by atomic mass is 31.2. The maximum Gasteiger partial charge on any atom is 0.309 e. The van der Waals surface area contributed by atoms with Crippen molar-refractivity contribution < 1.29 is 39.3 Å². The molecule has 8 nitrogen and oxygen atoms in total. The average molecular weight is 225 g/mol. The Labute approximate surface area is 78.9 Å². The number of hydrogen-bond donors (Lipinski definition) is 1. The van der Waals surface area contributed by atoms with E-state index in [-0.39, 0.29) is 6.42 Å². The summed E-state index contributed by atoms with van der Waals surface area (Å²) < 4.78 is 13.3. The first-order valence-corrected chi connectivity index (χ1v) is 4.97. The molecular formula is C5H8NO7P-2. The molecule has 0 aromatic rings.